The van der Waals surface area contributed by atoms with Crippen LogP contribution in [0.5, 0.6) is 0 Å². The standard InChI is InChI=1S/C16H17F2N3O5/c1-19-15(23)21-13(8-4-5-9(17)10(18)6-8)12(14(22)26-3)11(7-25-2)20-16(21)24/h4-6,13H,7H2,1-3H3,(H,19,23)(H,20,24). The van der Waals surface area contributed by atoms with Crippen LogP contribution in [0.25, 0.3) is 0 Å². The molecule has 8 nitrogen and oxygen atoms in total. The largest absolute Gasteiger partial charge is 0.466 e. The number of ether oxygens (including phenoxy) is 2. The zero-order valence-electron chi connectivity index (χ0n) is 14.3. The van der Waals surface area contributed by atoms with Gasteiger partial charge in [-0.3, -0.25) is 0 Å². The number of urea groups is 2. The van der Waals surface area contributed by atoms with Crippen molar-refractivity contribution in [2.75, 3.05) is 27.9 Å². The van der Waals surface area contributed by atoms with Crippen LogP contribution in [0.3, 0.4) is 0 Å². The van der Waals surface area contributed by atoms with E-state index in [9.17, 15) is 23.2 Å². The van der Waals surface area contributed by atoms with Gasteiger partial charge >= 0.3 is 18.0 Å². The maximum absolute atomic E-state index is 13.7. The Kier molecular flexibility index (Phi) is 5.88. The van der Waals surface area contributed by atoms with Crippen molar-refractivity contribution in [1.82, 2.24) is 15.5 Å². The lowest BCUT2D eigenvalue weighted by Gasteiger charge is -2.36. The molecule has 0 spiro atoms. The minimum absolute atomic E-state index is 0.0105. The number of carbonyl (C=O) groups excluding carboxylic acids is 3. The fourth-order valence-corrected chi connectivity index (χ4v) is 2.60. The number of esters is 1. The number of halogens is 2. The molecule has 1 aliphatic heterocycles. The predicted molar refractivity (Wildman–Crippen MR) is 84.8 cm³/mol. The van der Waals surface area contributed by atoms with Gasteiger partial charge in [-0.1, -0.05) is 6.07 Å². The molecule has 140 valence electrons. The number of hydrogen-bond acceptors (Lipinski definition) is 5. The number of nitrogens with zero attached hydrogens (tertiary/aromatic N) is 1. The fraction of sp³-hybridized carbons (Fsp3) is 0.312. The highest BCUT2D eigenvalue weighted by atomic mass is 19.2. The van der Waals surface area contributed by atoms with E-state index in [2.05, 4.69) is 10.6 Å². The van der Waals surface area contributed by atoms with Crippen LogP contribution >= 0.6 is 0 Å². The van der Waals surface area contributed by atoms with Crippen molar-refractivity contribution in [3.63, 3.8) is 0 Å². The molecule has 1 atom stereocenters. The van der Waals surface area contributed by atoms with Gasteiger partial charge in [-0.05, 0) is 17.7 Å². The van der Waals surface area contributed by atoms with Crippen LogP contribution in [0.4, 0.5) is 18.4 Å². The molecular formula is C16H17F2N3O5. The van der Waals surface area contributed by atoms with Gasteiger partial charge in [0.2, 0.25) is 0 Å². The second-order valence-electron chi connectivity index (χ2n) is 5.25. The second-order valence-corrected chi connectivity index (χ2v) is 5.25. The lowest BCUT2D eigenvalue weighted by Crippen LogP contribution is -2.54. The van der Waals surface area contributed by atoms with E-state index in [0.717, 1.165) is 19.2 Å². The second kappa shape index (κ2) is 7.91. The van der Waals surface area contributed by atoms with Crippen LogP contribution in [-0.4, -0.2) is 50.8 Å². The molecule has 2 N–H and O–H groups in total. The lowest BCUT2D eigenvalue weighted by atomic mass is 9.93. The lowest BCUT2D eigenvalue weighted by molar-refractivity contribution is -0.137. The number of rotatable bonds is 4. The van der Waals surface area contributed by atoms with Gasteiger partial charge in [0.1, 0.15) is 6.04 Å². The Bertz CT molecular complexity index is 781. The predicted octanol–water partition coefficient (Wildman–Crippen LogP) is 1.44. The molecule has 1 aromatic rings. The summed E-state index contributed by atoms with van der Waals surface area (Å²) in [6, 6.07) is -0.234. The molecule has 0 saturated heterocycles. The first-order valence-electron chi connectivity index (χ1n) is 7.42. The third-order valence-corrected chi connectivity index (χ3v) is 3.72. The highest BCUT2D eigenvalue weighted by molar-refractivity contribution is 6.01. The number of imide groups is 1. The molecule has 0 aliphatic carbocycles. The van der Waals surface area contributed by atoms with Crippen LogP contribution in [-0.2, 0) is 14.3 Å². The van der Waals surface area contributed by atoms with Crippen molar-refractivity contribution >= 4 is 18.0 Å². The van der Waals surface area contributed by atoms with Crippen molar-refractivity contribution in [2.45, 2.75) is 6.04 Å². The first kappa shape index (κ1) is 19.3. The summed E-state index contributed by atoms with van der Waals surface area (Å²) in [6.45, 7) is -0.169. The normalized spacial score (nSPS) is 17.0. The van der Waals surface area contributed by atoms with Crippen molar-refractivity contribution in [1.29, 1.82) is 0 Å². The van der Waals surface area contributed by atoms with Gasteiger partial charge in [0.15, 0.2) is 11.6 Å². The highest BCUT2D eigenvalue weighted by Gasteiger charge is 2.42. The molecule has 1 unspecified atom stereocenters. The van der Waals surface area contributed by atoms with E-state index in [0.29, 0.717) is 4.90 Å². The average molecular weight is 369 g/mol. The van der Waals surface area contributed by atoms with E-state index < -0.39 is 35.7 Å². The summed E-state index contributed by atoms with van der Waals surface area (Å²) in [5.41, 5.74) is -0.0702. The van der Waals surface area contributed by atoms with Crippen LogP contribution in [0.15, 0.2) is 29.5 Å². The third-order valence-electron chi connectivity index (χ3n) is 3.72. The average Bonchev–Trinajstić information content (AvgIpc) is 2.62. The Balaban J connectivity index is 2.73. The number of amides is 4. The van der Waals surface area contributed by atoms with E-state index in [4.69, 9.17) is 9.47 Å². The van der Waals surface area contributed by atoms with Gasteiger partial charge in [0.25, 0.3) is 0 Å². The van der Waals surface area contributed by atoms with Gasteiger partial charge in [0.05, 0.1) is 25.0 Å². The van der Waals surface area contributed by atoms with Gasteiger partial charge in [-0.2, -0.15) is 0 Å². The summed E-state index contributed by atoms with van der Waals surface area (Å²) in [7, 11) is 3.73. The summed E-state index contributed by atoms with van der Waals surface area (Å²) in [4.78, 5) is 37.6. The molecule has 1 heterocycles. The SMILES string of the molecule is CNC(=O)N1C(=O)NC(COC)=C(C(=O)OC)C1c1ccc(F)c(F)c1. The summed E-state index contributed by atoms with van der Waals surface area (Å²) in [5.74, 6) is -3.16. The van der Waals surface area contributed by atoms with Crippen LogP contribution in [0.2, 0.25) is 0 Å². The Morgan fingerprint density at radius 1 is 1.27 bits per heavy atom. The summed E-state index contributed by atoms with van der Waals surface area (Å²) >= 11 is 0. The first-order chi connectivity index (χ1) is 12.3. The highest BCUT2D eigenvalue weighted by Crippen LogP contribution is 2.35. The van der Waals surface area contributed by atoms with Crippen molar-refractivity contribution < 1.29 is 32.6 Å². The zero-order valence-corrected chi connectivity index (χ0v) is 14.3. The number of benzene rings is 1. The molecule has 1 aliphatic rings. The monoisotopic (exact) mass is 369 g/mol. The molecule has 26 heavy (non-hydrogen) atoms. The Labute approximate surface area is 147 Å². The maximum atomic E-state index is 13.7. The summed E-state index contributed by atoms with van der Waals surface area (Å²) < 4.78 is 36.8. The molecular weight excluding hydrogens is 352 g/mol. The number of methoxy groups -OCH3 is 2. The zero-order chi connectivity index (χ0) is 19.4. The topological polar surface area (TPSA) is 97.0 Å². The molecule has 0 aromatic heterocycles. The van der Waals surface area contributed by atoms with Crippen LogP contribution in [0, 0.1) is 11.6 Å². The van der Waals surface area contributed by atoms with Crippen molar-refractivity contribution in [2.24, 2.45) is 0 Å². The summed E-state index contributed by atoms with van der Waals surface area (Å²) in [6.07, 6.45) is 0. The van der Waals surface area contributed by atoms with Crippen molar-refractivity contribution in [3.05, 3.63) is 46.7 Å². The molecule has 4 amide bonds. The van der Waals surface area contributed by atoms with Gasteiger partial charge < -0.3 is 20.1 Å². The smallest absolute Gasteiger partial charge is 0.338 e. The molecule has 0 saturated carbocycles. The van der Waals surface area contributed by atoms with Crippen LogP contribution in [0.1, 0.15) is 11.6 Å². The third kappa shape index (κ3) is 3.49. The van der Waals surface area contributed by atoms with Crippen molar-refractivity contribution in [3.8, 4) is 0 Å². The minimum Gasteiger partial charge on any atom is -0.466 e. The quantitative estimate of drug-likeness (QED) is 0.783. The van der Waals surface area contributed by atoms with E-state index in [1.165, 1.54) is 20.2 Å². The number of carbonyl (C=O) groups is 3. The van der Waals surface area contributed by atoms with E-state index in [1.54, 1.807) is 0 Å². The van der Waals surface area contributed by atoms with E-state index in [1.807, 2.05) is 0 Å². The fourth-order valence-electron chi connectivity index (χ4n) is 2.60. The molecule has 10 heteroatoms. The number of hydrogen-bond donors (Lipinski definition) is 2. The Morgan fingerprint density at radius 3 is 2.50 bits per heavy atom. The maximum Gasteiger partial charge on any atom is 0.338 e. The molecule has 0 radical (unpaired) electrons. The number of nitrogens with one attached hydrogen (secondary N) is 2. The van der Waals surface area contributed by atoms with Gasteiger partial charge in [0, 0.05) is 14.2 Å². The van der Waals surface area contributed by atoms with E-state index >= 15 is 0 Å². The minimum atomic E-state index is -1.34. The molecule has 0 bridgehead atoms. The Morgan fingerprint density at radius 2 is 1.96 bits per heavy atom. The van der Waals surface area contributed by atoms with Crippen LogP contribution < -0.4 is 10.6 Å². The summed E-state index contributed by atoms with van der Waals surface area (Å²) in [5, 5.41) is 4.65. The van der Waals surface area contributed by atoms with E-state index in [-0.39, 0.29) is 23.4 Å². The Hall–Kier alpha value is -3.01. The molecule has 0 fully saturated rings. The first-order valence-corrected chi connectivity index (χ1v) is 7.42. The molecule has 1 aromatic carbocycles. The van der Waals surface area contributed by atoms with Gasteiger partial charge in [-0.15, -0.1) is 0 Å². The molecule has 2 rings (SSSR count). The van der Waals surface area contributed by atoms with Gasteiger partial charge in [-0.25, -0.2) is 28.1 Å².